The van der Waals surface area contributed by atoms with Crippen molar-refractivity contribution in [3.05, 3.63) is 248 Å². The zero-order chi connectivity index (χ0) is 50.2. The van der Waals surface area contributed by atoms with Gasteiger partial charge in [-0.05, 0) is 235 Å². The first-order valence-corrected chi connectivity index (χ1v) is 25.1. The molecule has 0 saturated heterocycles. The van der Waals surface area contributed by atoms with Crippen LogP contribution in [0.1, 0.15) is 72.3 Å². The summed E-state index contributed by atoms with van der Waals surface area (Å²) in [4.78, 5) is 10.0. The number of benzene rings is 9. The Morgan fingerprint density at radius 3 is 0.577 bits per heavy atom. The molecular weight excluding hydrogens is 861 g/mol. The summed E-state index contributed by atoms with van der Waals surface area (Å²) >= 11 is 0. The molecular formula is C67H68N4. The molecule has 0 saturated carbocycles. The maximum Gasteiger partial charge on any atom is 0.0527 e. The number of anilines is 12. The van der Waals surface area contributed by atoms with Gasteiger partial charge in [-0.3, -0.25) is 0 Å². The van der Waals surface area contributed by atoms with Crippen molar-refractivity contribution in [2.75, 3.05) is 19.6 Å². The molecule has 9 aromatic rings. The molecule has 71 heavy (non-hydrogen) atoms. The van der Waals surface area contributed by atoms with Crippen molar-refractivity contribution in [3.8, 4) is 0 Å². The molecule has 4 heteroatoms. The minimum Gasteiger partial charge on any atom is -0.310 e. The van der Waals surface area contributed by atoms with Crippen LogP contribution in [0.2, 0.25) is 0 Å². The van der Waals surface area contributed by atoms with E-state index in [1.54, 1.807) is 0 Å². The normalized spacial score (nSPS) is 11.2. The van der Waals surface area contributed by atoms with Crippen LogP contribution >= 0.6 is 0 Å². The molecule has 356 valence electrons. The van der Waals surface area contributed by atoms with Crippen molar-refractivity contribution in [1.82, 2.24) is 0 Å². The Kier molecular flexibility index (Phi) is 13.5. The smallest absolute Gasteiger partial charge is 0.0527 e. The van der Waals surface area contributed by atoms with Crippen molar-refractivity contribution >= 4 is 68.2 Å². The summed E-state index contributed by atoms with van der Waals surface area (Å²) in [5.41, 5.74) is 30.3. The highest BCUT2D eigenvalue weighted by Crippen LogP contribution is 2.55. The third kappa shape index (κ3) is 8.56. The monoisotopic (exact) mass is 929 g/mol. The van der Waals surface area contributed by atoms with Gasteiger partial charge in [-0.25, -0.2) is 0 Å². The van der Waals surface area contributed by atoms with E-state index in [2.05, 4.69) is 286 Å². The fraction of sp³-hybridized carbons (Fsp3) is 0.194. The molecule has 9 aromatic carbocycles. The molecule has 0 atom stereocenters. The molecule has 0 heterocycles. The Bertz CT molecular complexity index is 3060. The van der Waals surface area contributed by atoms with E-state index >= 15 is 0 Å². The molecule has 0 N–H and O–H groups in total. The maximum atomic E-state index is 2.68. The fourth-order valence-corrected chi connectivity index (χ4v) is 11.0. The van der Waals surface area contributed by atoms with E-state index in [1.165, 1.54) is 106 Å². The summed E-state index contributed by atoms with van der Waals surface area (Å²) in [6.07, 6.45) is 0. The molecule has 0 aliphatic carbocycles. The fourth-order valence-electron chi connectivity index (χ4n) is 11.0. The largest absolute Gasteiger partial charge is 0.310 e. The van der Waals surface area contributed by atoms with E-state index in [0.29, 0.717) is 0 Å². The van der Waals surface area contributed by atoms with Crippen molar-refractivity contribution in [2.45, 2.75) is 90.0 Å². The molecule has 9 rings (SSSR count). The number of para-hydroxylation sites is 5. The zero-order valence-electron chi connectivity index (χ0n) is 44.0. The van der Waals surface area contributed by atoms with Gasteiger partial charge in [0, 0.05) is 34.1 Å². The lowest BCUT2D eigenvalue weighted by Crippen LogP contribution is -2.24. The quantitative estimate of drug-likeness (QED) is 0.121. The van der Waals surface area contributed by atoms with Gasteiger partial charge in [-0.2, -0.15) is 0 Å². The Labute approximate surface area is 424 Å². The lowest BCUT2D eigenvalue weighted by molar-refractivity contribution is 1.07. The number of aryl methyl sites for hydroxylation is 1. The van der Waals surface area contributed by atoms with E-state index in [4.69, 9.17) is 0 Å². The summed E-state index contributed by atoms with van der Waals surface area (Å²) in [6.45, 7) is 30.2. The van der Waals surface area contributed by atoms with Gasteiger partial charge in [0.05, 0.1) is 34.1 Å². The third-order valence-corrected chi connectivity index (χ3v) is 15.3. The van der Waals surface area contributed by atoms with Crippen LogP contribution < -0.4 is 19.6 Å². The molecule has 0 aliphatic rings. The van der Waals surface area contributed by atoms with Gasteiger partial charge >= 0.3 is 0 Å². The van der Waals surface area contributed by atoms with Crippen LogP contribution in [0.5, 0.6) is 0 Å². The van der Waals surface area contributed by atoms with Gasteiger partial charge in [0.1, 0.15) is 0 Å². The van der Waals surface area contributed by atoms with Gasteiger partial charge in [-0.1, -0.05) is 103 Å². The highest BCUT2D eigenvalue weighted by Gasteiger charge is 2.34. The van der Waals surface area contributed by atoms with Crippen LogP contribution in [-0.2, 0) is 0 Å². The number of hydrogen-bond acceptors (Lipinski definition) is 4. The number of nitrogens with zero attached hydrogens (tertiary/aromatic N) is 4. The summed E-state index contributed by atoms with van der Waals surface area (Å²) in [6, 6.07) is 63.0. The molecule has 0 aromatic heterocycles. The molecule has 0 amide bonds. The van der Waals surface area contributed by atoms with Gasteiger partial charge in [0.15, 0.2) is 0 Å². The second-order valence-corrected chi connectivity index (χ2v) is 19.5. The molecule has 4 nitrogen and oxygen atoms in total. The first-order chi connectivity index (χ1) is 34.2. The van der Waals surface area contributed by atoms with Gasteiger partial charge in [0.25, 0.3) is 0 Å². The van der Waals surface area contributed by atoms with E-state index in [9.17, 15) is 0 Å². The van der Waals surface area contributed by atoms with Crippen LogP contribution in [0.15, 0.2) is 176 Å². The van der Waals surface area contributed by atoms with Crippen LogP contribution in [0.4, 0.5) is 68.2 Å². The maximum absolute atomic E-state index is 2.68. The molecule has 0 spiro atoms. The van der Waals surface area contributed by atoms with Gasteiger partial charge in [-0.15, -0.1) is 0 Å². The number of rotatable bonds is 12. The molecule has 0 fully saturated rings. The standard InChI is InChI=1S/C67H68N4/c1-43-30-29-41-61(42-43)70(60-39-27-18-28-40-60)64-48(6)54(12)67(55(13)49(64)7)71(65-50(8)44(2)62(45(3)51(65)9)68(56-31-19-14-20-32-56)57-33-21-15-22-34-57)66-52(10)46(4)63(47(5)53(66)11)69(58-35-23-16-24-36-58)59-37-25-17-26-38-59/h14-42H,1-13H3. The summed E-state index contributed by atoms with van der Waals surface area (Å²) in [5.74, 6) is 0. The minimum atomic E-state index is 1.13. The molecule has 0 radical (unpaired) electrons. The van der Waals surface area contributed by atoms with Crippen molar-refractivity contribution < 1.29 is 0 Å². The third-order valence-electron chi connectivity index (χ3n) is 15.3. The Morgan fingerprint density at radius 2 is 0.366 bits per heavy atom. The van der Waals surface area contributed by atoms with Crippen molar-refractivity contribution in [2.24, 2.45) is 0 Å². The predicted molar refractivity (Wildman–Crippen MR) is 307 cm³/mol. The number of hydrogen-bond donors (Lipinski definition) is 0. The van der Waals surface area contributed by atoms with E-state index in [1.807, 2.05) is 0 Å². The van der Waals surface area contributed by atoms with Gasteiger partial charge < -0.3 is 19.6 Å². The van der Waals surface area contributed by atoms with Crippen LogP contribution in [0, 0.1) is 90.0 Å². The Balaban J connectivity index is 1.37. The SMILES string of the molecule is Cc1cccc(N(c2ccccc2)c2c(C)c(C)c(N(c3c(C)c(C)c(N(c4ccccc4)c4ccccc4)c(C)c3C)c3c(C)c(C)c(N(c4ccccc4)c4ccccc4)c(C)c3C)c(C)c2C)c1. The minimum absolute atomic E-state index is 1.13. The van der Waals surface area contributed by atoms with E-state index in [-0.39, 0.29) is 0 Å². The van der Waals surface area contributed by atoms with E-state index < -0.39 is 0 Å². The first kappa shape index (κ1) is 48.2. The van der Waals surface area contributed by atoms with Crippen LogP contribution in [0.3, 0.4) is 0 Å². The van der Waals surface area contributed by atoms with E-state index in [0.717, 1.165) is 34.1 Å². The lowest BCUT2D eigenvalue weighted by atomic mass is 9.87. The topological polar surface area (TPSA) is 13.0 Å². The van der Waals surface area contributed by atoms with Crippen LogP contribution in [0.25, 0.3) is 0 Å². The average molecular weight is 929 g/mol. The predicted octanol–water partition coefficient (Wildman–Crippen LogP) is 19.6. The highest BCUT2D eigenvalue weighted by molar-refractivity contribution is 5.96. The Hall–Kier alpha value is -7.82. The highest BCUT2D eigenvalue weighted by atomic mass is 15.2. The second kappa shape index (κ2) is 19.9. The zero-order valence-corrected chi connectivity index (χ0v) is 44.0. The molecule has 0 unspecified atom stereocenters. The Morgan fingerprint density at radius 1 is 0.183 bits per heavy atom. The molecule has 0 bridgehead atoms. The average Bonchev–Trinajstić information content (AvgIpc) is 3.39. The summed E-state index contributed by atoms with van der Waals surface area (Å²) in [7, 11) is 0. The second-order valence-electron chi connectivity index (χ2n) is 19.5. The molecule has 0 aliphatic heterocycles. The van der Waals surface area contributed by atoms with Crippen molar-refractivity contribution in [1.29, 1.82) is 0 Å². The summed E-state index contributed by atoms with van der Waals surface area (Å²) in [5, 5.41) is 0. The van der Waals surface area contributed by atoms with Crippen LogP contribution in [-0.4, -0.2) is 0 Å². The first-order valence-electron chi connectivity index (χ1n) is 25.1. The van der Waals surface area contributed by atoms with Crippen molar-refractivity contribution in [3.63, 3.8) is 0 Å². The van der Waals surface area contributed by atoms with Gasteiger partial charge in [0.2, 0.25) is 0 Å². The summed E-state index contributed by atoms with van der Waals surface area (Å²) < 4.78 is 0. The lowest BCUT2D eigenvalue weighted by Gasteiger charge is -2.40.